The molecule has 0 bridgehead atoms. The van der Waals surface area contributed by atoms with Gasteiger partial charge in [-0.25, -0.2) is 4.98 Å². The molecule has 6 rings (SSSR count). The molecule has 2 aliphatic rings. The summed E-state index contributed by atoms with van der Waals surface area (Å²) in [6, 6.07) is 25.3. The Morgan fingerprint density at radius 1 is 0.902 bits per heavy atom. The number of hydrogen-bond donors (Lipinski definition) is 0. The summed E-state index contributed by atoms with van der Waals surface area (Å²) < 4.78 is 7.68. The number of methoxy groups -OCH3 is 1. The second kappa shape index (κ2) is 12.4. The molecular formula is C34H41N5O2. The SMILES string of the molecule is CCc1ccccc1N1CCN(C(=O)[C@@H]2CCCN(Cc3nc4ccccc4n3Cc3ccc(OC)cc3)C2)CC1. The first-order valence-electron chi connectivity index (χ1n) is 15.0. The van der Waals surface area contributed by atoms with Gasteiger partial charge >= 0.3 is 0 Å². The van der Waals surface area contributed by atoms with Crippen LogP contribution in [-0.4, -0.2) is 71.6 Å². The number of hydrogen-bond acceptors (Lipinski definition) is 5. The van der Waals surface area contributed by atoms with Gasteiger partial charge in [0.25, 0.3) is 0 Å². The number of benzene rings is 3. The number of piperidine rings is 1. The fourth-order valence-electron chi connectivity index (χ4n) is 6.48. The van der Waals surface area contributed by atoms with E-state index in [1.54, 1.807) is 7.11 Å². The van der Waals surface area contributed by atoms with Crippen LogP contribution in [0.25, 0.3) is 11.0 Å². The predicted molar refractivity (Wildman–Crippen MR) is 164 cm³/mol. The zero-order chi connectivity index (χ0) is 28.2. The molecule has 41 heavy (non-hydrogen) atoms. The van der Waals surface area contributed by atoms with E-state index in [2.05, 4.69) is 80.8 Å². The third-order valence-corrected chi connectivity index (χ3v) is 8.76. The molecule has 4 aromatic rings. The van der Waals surface area contributed by atoms with Gasteiger partial charge in [0.1, 0.15) is 11.6 Å². The molecule has 3 heterocycles. The lowest BCUT2D eigenvalue weighted by molar-refractivity contribution is -0.137. The molecule has 7 heteroatoms. The Morgan fingerprint density at radius 2 is 1.66 bits per heavy atom. The van der Waals surface area contributed by atoms with Gasteiger partial charge in [0.15, 0.2) is 0 Å². The van der Waals surface area contributed by atoms with E-state index in [0.717, 1.165) is 94.2 Å². The van der Waals surface area contributed by atoms with Crippen molar-refractivity contribution in [3.8, 4) is 5.75 Å². The fourth-order valence-corrected chi connectivity index (χ4v) is 6.48. The van der Waals surface area contributed by atoms with Gasteiger partial charge in [-0.05, 0) is 67.3 Å². The lowest BCUT2D eigenvalue weighted by atomic mass is 9.96. The first-order valence-corrected chi connectivity index (χ1v) is 15.0. The van der Waals surface area contributed by atoms with Crippen molar-refractivity contribution in [1.29, 1.82) is 0 Å². The number of nitrogens with zero attached hydrogens (tertiary/aromatic N) is 5. The number of likely N-dealkylation sites (tertiary alicyclic amines) is 1. The topological polar surface area (TPSA) is 53.8 Å². The molecule has 1 atom stereocenters. The van der Waals surface area contributed by atoms with E-state index in [-0.39, 0.29) is 5.92 Å². The van der Waals surface area contributed by atoms with Gasteiger partial charge in [-0.15, -0.1) is 0 Å². The van der Waals surface area contributed by atoms with Crippen molar-refractivity contribution < 1.29 is 9.53 Å². The molecular weight excluding hydrogens is 510 g/mol. The third kappa shape index (κ3) is 5.96. The number of aromatic nitrogens is 2. The molecule has 7 nitrogen and oxygen atoms in total. The summed E-state index contributed by atoms with van der Waals surface area (Å²) in [5.41, 5.74) is 6.08. The maximum Gasteiger partial charge on any atom is 0.227 e. The number of aryl methyl sites for hydroxylation is 1. The van der Waals surface area contributed by atoms with Gasteiger partial charge in [0.2, 0.25) is 5.91 Å². The highest BCUT2D eigenvalue weighted by Crippen LogP contribution is 2.26. The number of imidazole rings is 1. The number of rotatable bonds is 8. The summed E-state index contributed by atoms with van der Waals surface area (Å²) in [7, 11) is 1.69. The summed E-state index contributed by atoms with van der Waals surface area (Å²) in [5, 5.41) is 0. The third-order valence-electron chi connectivity index (χ3n) is 8.76. The van der Waals surface area contributed by atoms with Crippen molar-refractivity contribution in [3.63, 3.8) is 0 Å². The summed E-state index contributed by atoms with van der Waals surface area (Å²) in [6.45, 7) is 8.89. The lowest BCUT2D eigenvalue weighted by Crippen LogP contribution is -2.52. The van der Waals surface area contributed by atoms with E-state index in [4.69, 9.17) is 9.72 Å². The molecule has 2 saturated heterocycles. The van der Waals surface area contributed by atoms with E-state index in [1.165, 1.54) is 16.8 Å². The Morgan fingerprint density at radius 3 is 2.44 bits per heavy atom. The molecule has 0 radical (unpaired) electrons. The van der Waals surface area contributed by atoms with E-state index in [0.29, 0.717) is 5.91 Å². The van der Waals surface area contributed by atoms with Crippen molar-refractivity contribution in [3.05, 3.63) is 89.7 Å². The largest absolute Gasteiger partial charge is 0.497 e. The van der Waals surface area contributed by atoms with E-state index in [1.807, 2.05) is 18.2 Å². The molecule has 0 N–H and O–H groups in total. The number of carbonyl (C=O) groups excluding carboxylic acids is 1. The van der Waals surface area contributed by atoms with Crippen LogP contribution in [0.15, 0.2) is 72.8 Å². The predicted octanol–water partition coefficient (Wildman–Crippen LogP) is 5.22. The van der Waals surface area contributed by atoms with Crippen LogP contribution in [0.2, 0.25) is 0 Å². The average molecular weight is 552 g/mol. The molecule has 1 aromatic heterocycles. The van der Waals surface area contributed by atoms with Crippen LogP contribution in [0.4, 0.5) is 5.69 Å². The van der Waals surface area contributed by atoms with E-state index < -0.39 is 0 Å². The Hall–Kier alpha value is -3.84. The molecule has 0 unspecified atom stereocenters. The highest BCUT2D eigenvalue weighted by molar-refractivity contribution is 5.79. The molecule has 2 fully saturated rings. The zero-order valence-corrected chi connectivity index (χ0v) is 24.3. The van der Waals surface area contributed by atoms with Gasteiger partial charge in [-0.1, -0.05) is 49.4 Å². The standard InChI is InChI=1S/C34H41N5O2/c1-3-27-9-4-6-12-31(27)37-19-21-38(22-20-37)34(40)28-10-8-18-36(24-28)25-33-35-30-11-5-7-13-32(30)39(33)23-26-14-16-29(41-2)17-15-26/h4-7,9,11-17,28H,3,8,10,18-25H2,1-2H3/t28-/m1/s1. The van der Waals surface area contributed by atoms with Crippen LogP contribution in [-0.2, 0) is 24.3 Å². The number of piperazine rings is 1. The number of ether oxygens (including phenoxy) is 1. The number of fused-ring (bicyclic) bond motifs is 1. The maximum atomic E-state index is 13.7. The number of para-hydroxylation sites is 3. The van der Waals surface area contributed by atoms with E-state index in [9.17, 15) is 4.79 Å². The maximum absolute atomic E-state index is 13.7. The molecule has 214 valence electrons. The van der Waals surface area contributed by atoms with Crippen molar-refractivity contribution >= 4 is 22.6 Å². The van der Waals surface area contributed by atoms with Crippen LogP contribution in [0, 0.1) is 5.92 Å². The summed E-state index contributed by atoms with van der Waals surface area (Å²) in [4.78, 5) is 25.7. The van der Waals surface area contributed by atoms with Gasteiger partial charge in [-0.3, -0.25) is 9.69 Å². The van der Waals surface area contributed by atoms with Crippen LogP contribution in [0.1, 0.15) is 36.7 Å². The Balaban J connectivity index is 1.12. The van der Waals surface area contributed by atoms with Crippen LogP contribution in [0.3, 0.4) is 0 Å². The Labute approximate surface area is 243 Å². The summed E-state index contributed by atoms with van der Waals surface area (Å²) in [5.74, 6) is 2.29. The molecule has 0 aliphatic carbocycles. The Bertz CT molecular complexity index is 1470. The van der Waals surface area contributed by atoms with Gasteiger partial charge in [0.05, 0.1) is 30.6 Å². The fraction of sp³-hybridized carbons (Fsp3) is 0.412. The molecule has 1 amide bonds. The van der Waals surface area contributed by atoms with Crippen molar-refractivity contribution in [2.75, 3.05) is 51.3 Å². The molecule has 2 aliphatic heterocycles. The van der Waals surface area contributed by atoms with E-state index >= 15 is 0 Å². The van der Waals surface area contributed by atoms with Crippen molar-refractivity contribution in [2.24, 2.45) is 5.92 Å². The van der Waals surface area contributed by atoms with Gasteiger partial charge in [-0.2, -0.15) is 0 Å². The second-order valence-electron chi connectivity index (χ2n) is 11.3. The number of anilines is 1. The lowest BCUT2D eigenvalue weighted by Gasteiger charge is -2.40. The molecule has 0 saturated carbocycles. The first-order chi connectivity index (χ1) is 20.1. The van der Waals surface area contributed by atoms with Crippen LogP contribution < -0.4 is 9.64 Å². The normalized spacial score (nSPS) is 18.1. The highest BCUT2D eigenvalue weighted by atomic mass is 16.5. The van der Waals surface area contributed by atoms with Crippen molar-refractivity contribution in [1.82, 2.24) is 19.4 Å². The summed E-state index contributed by atoms with van der Waals surface area (Å²) >= 11 is 0. The quantitative estimate of drug-likeness (QED) is 0.301. The number of carbonyl (C=O) groups is 1. The zero-order valence-electron chi connectivity index (χ0n) is 24.3. The smallest absolute Gasteiger partial charge is 0.227 e. The minimum Gasteiger partial charge on any atom is -0.497 e. The second-order valence-corrected chi connectivity index (χ2v) is 11.3. The Kier molecular flexibility index (Phi) is 8.23. The van der Waals surface area contributed by atoms with Crippen LogP contribution in [0.5, 0.6) is 5.75 Å². The minimum absolute atomic E-state index is 0.0534. The monoisotopic (exact) mass is 551 g/mol. The molecule has 3 aromatic carbocycles. The van der Waals surface area contributed by atoms with Crippen molar-refractivity contribution in [2.45, 2.75) is 39.3 Å². The van der Waals surface area contributed by atoms with Gasteiger partial charge in [0, 0.05) is 45.0 Å². The number of amides is 1. The molecule has 0 spiro atoms. The minimum atomic E-state index is 0.0534. The van der Waals surface area contributed by atoms with Gasteiger partial charge < -0.3 is 19.1 Å². The average Bonchev–Trinajstić information content (AvgIpc) is 3.37. The highest BCUT2D eigenvalue weighted by Gasteiger charge is 2.32. The first kappa shape index (κ1) is 27.3. The summed E-state index contributed by atoms with van der Waals surface area (Å²) in [6.07, 6.45) is 3.04. The van der Waals surface area contributed by atoms with Crippen LogP contribution >= 0.6 is 0 Å².